The highest BCUT2D eigenvalue weighted by Crippen LogP contribution is 2.10. The molecule has 0 fully saturated rings. The van der Waals surface area contributed by atoms with Gasteiger partial charge in [-0.05, 0) is 26.9 Å². The molecule has 1 heterocycles. The second-order valence-electron chi connectivity index (χ2n) is 4.39. The van der Waals surface area contributed by atoms with E-state index in [2.05, 4.69) is 46.4 Å². The van der Waals surface area contributed by atoms with Crippen molar-refractivity contribution < 1.29 is 0 Å². The maximum atomic E-state index is 5.33. The van der Waals surface area contributed by atoms with Crippen LogP contribution in [0.4, 0.5) is 11.8 Å². The summed E-state index contributed by atoms with van der Waals surface area (Å²) in [6.07, 6.45) is 0. The van der Waals surface area contributed by atoms with E-state index in [1.165, 1.54) is 0 Å². The summed E-state index contributed by atoms with van der Waals surface area (Å²) in [5, 5.41) is 3.37. The molecular weight excluding hydrogens is 228 g/mol. The fourth-order valence-electron chi connectivity index (χ4n) is 1.87. The molecule has 1 rings (SSSR count). The Morgan fingerprint density at radius 1 is 1.33 bits per heavy atom. The third-order valence-corrected chi connectivity index (χ3v) is 2.80. The van der Waals surface area contributed by atoms with Crippen LogP contribution in [0.1, 0.15) is 26.5 Å². The lowest BCUT2D eigenvalue weighted by Gasteiger charge is -2.23. The van der Waals surface area contributed by atoms with Gasteiger partial charge in [-0.2, -0.15) is 4.98 Å². The average Bonchev–Trinajstić information content (AvgIpc) is 2.35. The van der Waals surface area contributed by atoms with E-state index < -0.39 is 0 Å². The van der Waals surface area contributed by atoms with Crippen molar-refractivity contribution in [1.82, 2.24) is 14.9 Å². The van der Waals surface area contributed by atoms with Gasteiger partial charge < -0.3 is 10.2 Å². The summed E-state index contributed by atoms with van der Waals surface area (Å²) in [6, 6.07) is 2.24. The third-order valence-electron chi connectivity index (χ3n) is 2.80. The van der Waals surface area contributed by atoms with Crippen LogP contribution < -0.4 is 16.6 Å². The van der Waals surface area contributed by atoms with Gasteiger partial charge in [-0.15, -0.1) is 0 Å². The summed E-state index contributed by atoms with van der Waals surface area (Å²) in [7, 11) is 0. The summed E-state index contributed by atoms with van der Waals surface area (Å²) in [6.45, 7) is 11.5. The van der Waals surface area contributed by atoms with Crippen LogP contribution in [0.3, 0.4) is 0 Å². The first-order chi connectivity index (χ1) is 8.58. The summed E-state index contributed by atoms with van der Waals surface area (Å²) in [5.41, 5.74) is 3.36. The molecule has 1 aromatic rings. The Morgan fingerprint density at radius 3 is 2.56 bits per heavy atom. The van der Waals surface area contributed by atoms with Gasteiger partial charge in [-0.1, -0.05) is 13.8 Å². The van der Waals surface area contributed by atoms with Gasteiger partial charge in [0.1, 0.15) is 5.82 Å². The SMILES string of the molecule is CCN(CC)CC(C)Nc1cc(C)nc(NN)n1. The number of likely N-dealkylation sites (N-methyl/N-ethyl adjacent to an activating group) is 1. The molecule has 6 nitrogen and oxygen atoms in total. The van der Waals surface area contributed by atoms with Crippen LogP contribution in [0.15, 0.2) is 6.07 Å². The van der Waals surface area contributed by atoms with E-state index in [-0.39, 0.29) is 0 Å². The average molecular weight is 252 g/mol. The lowest BCUT2D eigenvalue weighted by Crippen LogP contribution is -2.35. The molecule has 0 spiro atoms. The van der Waals surface area contributed by atoms with Gasteiger partial charge in [-0.3, -0.25) is 5.43 Å². The van der Waals surface area contributed by atoms with E-state index in [0.717, 1.165) is 31.1 Å². The zero-order valence-electron chi connectivity index (χ0n) is 11.7. The molecule has 1 aromatic heterocycles. The van der Waals surface area contributed by atoms with Gasteiger partial charge >= 0.3 is 0 Å². The largest absolute Gasteiger partial charge is 0.366 e. The summed E-state index contributed by atoms with van der Waals surface area (Å²) in [4.78, 5) is 10.8. The first-order valence-electron chi connectivity index (χ1n) is 6.40. The molecule has 1 unspecified atom stereocenters. The molecule has 0 saturated heterocycles. The van der Waals surface area contributed by atoms with Gasteiger partial charge in [0.2, 0.25) is 5.95 Å². The number of hydrogen-bond donors (Lipinski definition) is 3. The second kappa shape index (κ2) is 7.13. The van der Waals surface area contributed by atoms with Crippen LogP contribution in [0.5, 0.6) is 0 Å². The van der Waals surface area contributed by atoms with E-state index in [0.29, 0.717) is 12.0 Å². The van der Waals surface area contributed by atoms with E-state index in [1.54, 1.807) is 0 Å². The zero-order valence-corrected chi connectivity index (χ0v) is 11.7. The predicted molar refractivity (Wildman–Crippen MR) is 75.5 cm³/mol. The van der Waals surface area contributed by atoms with Gasteiger partial charge in [0, 0.05) is 24.3 Å². The maximum absolute atomic E-state index is 5.33. The first-order valence-corrected chi connectivity index (χ1v) is 6.40. The molecule has 0 bridgehead atoms. The molecule has 0 radical (unpaired) electrons. The van der Waals surface area contributed by atoms with Crippen molar-refractivity contribution in [3.63, 3.8) is 0 Å². The van der Waals surface area contributed by atoms with Gasteiger partial charge in [0.15, 0.2) is 0 Å². The van der Waals surface area contributed by atoms with E-state index >= 15 is 0 Å². The predicted octanol–water partition coefficient (Wildman–Crippen LogP) is 1.21. The van der Waals surface area contributed by atoms with Gasteiger partial charge in [0.05, 0.1) is 0 Å². The summed E-state index contributed by atoms with van der Waals surface area (Å²) < 4.78 is 0. The zero-order chi connectivity index (χ0) is 13.5. The minimum atomic E-state index is 0.324. The van der Waals surface area contributed by atoms with E-state index in [9.17, 15) is 0 Å². The molecule has 0 saturated carbocycles. The third kappa shape index (κ3) is 4.46. The Morgan fingerprint density at radius 2 is 2.00 bits per heavy atom. The Hall–Kier alpha value is -1.40. The Labute approximate surface area is 109 Å². The highest BCUT2D eigenvalue weighted by molar-refractivity contribution is 5.42. The van der Waals surface area contributed by atoms with Crippen molar-refractivity contribution in [3.8, 4) is 0 Å². The smallest absolute Gasteiger partial charge is 0.239 e. The number of nitrogens with zero attached hydrogens (tertiary/aromatic N) is 3. The van der Waals surface area contributed by atoms with Crippen molar-refractivity contribution in [2.24, 2.45) is 5.84 Å². The monoisotopic (exact) mass is 252 g/mol. The number of rotatable bonds is 7. The molecule has 4 N–H and O–H groups in total. The van der Waals surface area contributed by atoms with Crippen molar-refractivity contribution >= 4 is 11.8 Å². The van der Waals surface area contributed by atoms with Crippen LogP contribution >= 0.6 is 0 Å². The van der Waals surface area contributed by atoms with Crippen molar-refractivity contribution in [2.45, 2.75) is 33.7 Å². The number of nitrogen functional groups attached to an aromatic ring is 1. The number of aryl methyl sites for hydroxylation is 1. The second-order valence-corrected chi connectivity index (χ2v) is 4.39. The first kappa shape index (κ1) is 14.7. The van der Waals surface area contributed by atoms with Crippen molar-refractivity contribution in [2.75, 3.05) is 30.4 Å². The minimum Gasteiger partial charge on any atom is -0.366 e. The molecule has 18 heavy (non-hydrogen) atoms. The van der Waals surface area contributed by atoms with Gasteiger partial charge in [0.25, 0.3) is 0 Å². The molecule has 0 aromatic carbocycles. The van der Waals surface area contributed by atoms with Crippen LogP contribution in [0.25, 0.3) is 0 Å². The number of nitrogens with two attached hydrogens (primary N) is 1. The quantitative estimate of drug-likeness (QED) is 0.500. The standard InChI is InChI=1S/C12H24N6/c1-5-18(6-2)8-10(4)14-11-7-9(3)15-12(16-11)17-13/h7,10H,5-6,8,13H2,1-4H3,(H2,14,15,16,17). The fourth-order valence-corrected chi connectivity index (χ4v) is 1.87. The number of hydrazine groups is 1. The molecule has 0 aliphatic rings. The lowest BCUT2D eigenvalue weighted by molar-refractivity contribution is 0.294. The molecule has 0 amide bonds. The van der Waals surface area contributed by atoms with E-state index in [1.807, 2.05) is 13.0 Å². The number of aromatic nitrogens is 2. The lowest BCUT2D eigenvalue weighted by atomic mass is 10.3. The highest BCUT2D eigenvalue weighted by atomic mass is 15.3. The minimum absolute atomic E-state index is 0.324. The number of hydrogen-bond acceptors (Lipinski definition) is 6. The van der Waals surface area contributed by atoms with Crippen LogP contribution in [-0.2, 0) is 0 Å². The van der Waals surface area contributed by atoms with Crippen LogP contribution in [-0.4, -0.2) is 40.5 Å². The molecule has 0 aliphatic heterocycles. The highest BCUT2D eigenvalue weighted by Gasteiger charge is 2.08. The van der Waals surface area contributed by atoms with Crippen molar-refractivity contribution in [1.29, 1.82) is 0 Å². The summed E-state index contributed by atoms with van der Waals surface area (Å²) >= 11 is 0. The van der Waals surface area contributed by atoms with Crippen LogP contribution in [0.2, 0.25) is 0 Å². The maximum Gasteiger partial charge on any atom is 0.239 e. The summed E-state index contributed by atoms with van der Waals surface area (Å²) in [5.74, 6) is 6.57. The topological polar surface area (TPSA) is 79.1 Å². The normalized spacial score (nSPS) is 12.6. The Balaban J connectivity index is 2.63. The van der Waals surface area contributed by atoms with E-state index in [4.69, 9.17) is 5.84 Å². The molecule has 1 atom stereocenters. The molecule has 6 heteroatoms. The number of anilines is 2. The Bertz CT molecular complexity index is 364. The molecular formula is C12H24N6. The van der Waals surface area contributed by atoms with Crippen molar-refractivity contribution in [3.05, 3.63) is 11.8 Å². The van der Waals surface area contributed by atoms with Gasteiger partial charge in [-0.25, -0.2) is 10.8 Å². The number of nitrogens with one attached hydrogen (secondary N) is 2. The Kier molecular flexibility index (Phi) is 5.80. The van der Waals surface area contributed by atoms with Crippen LogP contribution in [0, 0.1) is 6.92 Å². The molecule has 102 valence electrons. The fraction of sp³-hybridized carbons (Fsp3) is 0.667. The molecule has 0 aliphatic carbocycles.